The molecule has 1 heterocycles. The Morgan fingerprint density at radius 3 is 1.95 bits per heavy atom. The number of aromatic nitrogens is 1. The lowest BCUT2D eigenvalue weighted by atomic mass is 10.1. The van der Waals surface area contributed by atoms with Gasteiger partial charge in [-0.15, -0.1) is 0 Å². The molecule has 0 unspecified atom stereocenters. The van der Waals surface area contributed by atoms with Crippen LogP contribution in [0.2, 0.25) is 0 Å². The van der Waals surface area contributed by atoms with E-state index in [9.17, 15) is 0 Å². The Morgan fingerprint density at radius 1 is 0.947 bits per heavy atom. The van der Waals surface area contributed by atoms with Gasteiger partial charge in [-0.2, -0.15) is 5.26 Å². The summed E-state index contributed by atoms with van der Waals surface area (Å²) in [6.07, 6.45) is 0.542. The van der Waals surface area contributed by atoms with E-state index in [-0.39, 0.29) is 0 Å². The molecule has 0 saturated heterocycles. The van der Waals surface area contributed by atoms with Crippen LogP contribution in [0.1, 0.15) is 17.5 Å². The minimum absolute atomic E-state index is 0.542. The van der Waals surface area contributed by atoms with Gasteiger partial charge in [-0.05, 0) is 38.1 Å². The fourth-order valence-electron chi connectivity index (χ4n) is 2.73. The molecule has 3 aromatic rings. The number of nitriles is 1. The monoisotopic (exact) mass is 248 g/mol. The zero-order chi connectivity index (χ0) is 13.4. The number of hydrogen-bond donors (Lipinski definition) is 0. The Morgan fingerprint density at radius 2 is 1.47 bits per heavy atom. The number of nitrogens with zero attached hydrogens (tertiary/aromatic N) is 2. The van der Waals surface area contributed by atoms with Crippen molar-refractivity contribution in [2.24, 2.45) is 0 Å². The average molecular weight is 248 g/mol. The van der Waals surface area contributed by atoms with Crippen LogP contribution in [0.15, 0.2) is 36.4 Å². The Kier molecular flexibility index (Phi) is 2.76. The summed E-state index contributed by atoms with van der Waals surface area (Å²) in [6, 6.07) is 15.3. The average Bonchev–Trinajstić information content (AvgIpc) is 2.69. The Balaban J connectivity index is 2.40. The molecule has 0 amide bonds. The van der Waals surface area contributed by atoms with E-state index in [1.807, 2.05) is 0 Å². The van der Waals surface area contributed by atoms with E-state index in [1.54, 1.807) is 0 Å². The second-order valence-electron chi connectivity index (χ2n) is 5.10. The van der Waals surface area contributed by atoms with Crippen molar-refractivity contribution in [2.75, 3.05) is 0 Å². The van der Waals surface area contributed by atoms with Crippen LogP contribution < -0.4 is 0 Å². The van der Waals surface area contributed by atoms with Crippen molar-refractivity contribution in [3.8, 4) is 6.07 Å². The van der Waals surface area contributed by atoms with Crippen LogP contribution in [-0.4, -0.2) is 4.57 Å². The van der Waals surface area contributed by atoms with E-state index < -0.39 is 0 Å². The predicted octanol–water partition coefficient (Wildman–Crippen LogP) is 4.33. The first kappa shape index (κ1) is 11.8. The summed E-state index contributed by atoms with van der Waals surface area (Å²) in [5.41, 5.74) is 4.99. The maximum atomic E-state index is 8.83. The molecule has 19 heavy (non-hydrogen) atoms. The van der Waals surface area contributed by atoms with E-state index in [2.05, 4.69) is 60.9 Å². The van der Waals surface area contributed by atoms with Gasteiger partial charge >= 0.3 is 0 Å². The van der Waals surface area contributed by atoms with Gasteiger partial charge in [0.05, 0.1) is 12.5 Å². The molecule has 0 atom stereocenters. The summed E-state index contributed by atoms with van der Waals surface area (Å²) in [5, 5.41) is 11.4. The standard InChI is InChI=1S/C17H16N2/c1-12-4-6-16-14(10-12)15-11-13(2)5-7-17(15)19(16)9-3-8-18/h4-7,10-11H,3,9H2,1-2H3. The first-order valence-corrected chi connectivity index (χ1v) is 6.57. The molecule has 2 nitrogen and oxygen atoms in total. The second-order valence-corrected chi connectivity index (χ2v) is 5.10. The van der Waals surface area contributed by atoms with Gasteiger partial charge in [-0.25, -0.2) is 0 Å². The number of rotatable bonds is 2. The van der Waals surface area contributed by atoms with Gasteiger partial charge in [0.2, 0.25) is 0 Å². The summed E-state index contributed by atoms with van der Waals surface area (Å²) >= 11 is 0. The number of aryl methyl sites for hydroxylation is 3. The molecule has 2 aromatic carbocycles. The van der Waals surface area contributed by atoms with Gasteiger partial charge in [-0.1, -0.05) is 23.3 Å². The second kappa shape index (κ2) is 4.44. The fraction of sp³-hybridized carbons (Fsp3) is 0.235. The third kappa shape index (κ3) is 1.88. The summed E-state index contributed by atoms with van der Waals surface area (Å²) in [4.78, 5) is 0. The number of benzene rings is 2. The van der Waals surface area contributed by atoms with E-state index in [0.717, 1.165) is 6.54 Å². The minimum Gasteiger partial charge on any atom is -0.339 e. The van der Waals surface area contributed by atoms with Gasteiger partial charge in [0, 0.05) is 28.4 Å². The van der Waals surface area contributed by atoms with Crippen molar-refractivity contribution in [1.29, 1.82) is 5.26 Å². The normalized spacial score (nSPS) is 11.0. The van der Waals surface area contributed by atoms with Crippen LogP contribution >= 0.6 is 0 Å². The molecule has 0 spiro atoms. The maximum Gasteiger partial charge on any atom is 0.0640 e. The third-order valence-electron chi connectivity index (χ3n) is 3.62. The lowest BCUT2D eigenvalue weighted by molar-refractivity contribution is 0.768. The molecule has 0 fully saturated rings. The molecule has 0 N–H and O–H groups in total. The third-order valence-corrected chi connectivity index (χ3v) is 3.62. The Labute approximate surface area is 112 Å². The van der Waals surface area contributed by atoms with E-state index in [0.29, 0.717) is 6.42 Å². The number of fused-ring (bicyclic) bond motifs is 3. The molecule has 1 aromatic heterocycles. The molecule has 0 saturated carbocycles. The van der Waals surface area contributed by atoms with Crippen molar-refractivity contribution >= 4 is 21.8 Å². The van der Waals surface area contributed by atoms with Crippen molar-refractivity contribution in [1.82, 2.24) is 4.57 Å². The topological polar surface area (TPSA) is 28.7 Å². The van der Waals surface area contributed by atoms with Crippen molar-refractivity contribution < 1.29 is 0 Å². The summed E-state index contributed by atoms with van der Waals surface area (Å²) < 4.78 is 2.26. The highest BCUT2D eigenvalue weighted by atomic mass is 15.0. The maximum absolute atomic E-state index is 8.83. The lowest BCUT2D eigenvalue weighted by Gasteiger charge is -2.04. The van der Waals surface area contributed by atoms with Crippen LogP contribution in [0.3, 0.4) is 0 Å². The van der Waals surface area contributed by atoms with Crippen LogP contribution in [0.4, 0.5) is 0 Å². The van der Waals surface area contributed by atoms with Crippen LogP contribution in [-0.2, 0) is 6.54 Å². The molecule has 0 aliphatic rings. The Hall–Kier alpha value is -2.27. The smallest absolute Gasteiger partial charge is 0.0640 e. The first-order chi connectivity index (χ1) is 9.20. The molecule has 0 bridgehead atoms. The van der Waals surface area contributed by atoms with Crippen molar-refractivity contribution in [3.63, 3.8) is 0 Å². The quantitative estimate of drug-likeness (QED) is 0.663. The van der Waals surface area contributed by atoms with E-state index in [1.165, 1.54) is 32.9 Å². The molecular weight excluding hydrogens is 232 g/mol. The molecule has 3 rings (SSSR count). The van der Waals surface area contributed by atoms with Crippen molar-refractivity contribution in [2.45, 2.75) is 26.8 Å². The highest BCUT2D eigenvalue weighted by Gasteiger charge is 2.10. The molecule has 94 valence electrons. The van der Waals surface area contributed by atoms with Crippen LogP contribution in [0.5, 0.6) is 0 Å². The van der Waals surface area contributed by atoms with Gasteiger partial charge in [0.15, 0.2) is 0 Å². The summed E-state index contributed by atoms with van der Waals surface area (Å²) in [5.74, 6) is 0. The van der Waals surface area contributed by atoms with Crippen molar-refractivity contribution in [3.05, 3.63) is 47.5 Å². The van der Waals surface area contributed by atoms with E-state index >= 15 is 0 Å². The highest BCUT2D eigenvalue weighted by molar-refractivity contribution is 6.08. The minimum atomic E-state index is 0.542. The molecule has 0 aliphatic carbocycles. The first-order valence-electron chi connectivity index (χ1n) is 6.57. The van der Waals surface area contributed by atoms with Crippen LogP contribution in [0, 0.1) is 25.2 Å². The molecular formula is C17H16N2. The lowest BCUT2D eigenvalue weighted by Crippen LogP contribution is -1.96. The molecule has 2 heteroatoms. The highest BCUT2D eigenvalue weighted by Crippen LogP contribution is 2.30. The predicted molar refractivity (Wildman–Crippen MR) is 79.1 cm³/mol. The SMILES string of the molecule is Cc1ccc2c(c1)c1cc(C)ccc1n2CCC#N. The van der Waals surface area contributed by atoms with Gasteiger partial charge < -0.3 is 4.57 Å². The largest absolute Gasteiger partial charge is 0.339 e. The molecule has 0 radical (unpaired) electrons. The van der Waals surface area contributed by atoms with E-state index in [4.69, 9.17) is 5.26 Å². The van der Waals surface area contributed by atoms with Gasteiger partial charge in [0.1, 0.15) is 0 Å². The molecule has 0 aliphatic heterocycles. The fourth-order valence-corrected chi connectivity index (χ4v) is 2.73. The zero-order valence-electron chi connectivity index (χ0n) is 11.3. The van der Waals surface area contributed by atoms with Crippen LogP contribution in [0.25, 0.3) is 21.8 Å². The number of hydrogen-bond acceptors (Lipinski definition) is 1. The van der Waals surface area contributed by atoms with Gasteiger partial charge in [-0.3, -0.25) is 0 Å². The Bertz CT molecular complexity index is 744. The zero-order valence-corrected chi connectivity index (χ0v) is 11.3. The summed E-state index contributed by atoms with van der Waals surface area (Å²) in [7, 11) is 0. The summed E-state index contributed by atoms with van der Waals surface area (Å²) in [6.45, 7) is 4.99. The van der Waals surface area contributed by atoms with Gasteiger partial charge in [0.25, 0.3) is 0 Å².